The SMILES string of the molecule is Cc1ccc(C(=O)NCC2CC2)cc1-c1nc(N2CCC(N(C(=O)O)C(C)(C)C)CC2)nc2c1CNC(=O)N2c1c(F)cccc1F. The monoisotopic (exact) mass is 647 g/mol. The normalized spacial score (nSPS) is 16.9. The van der Waals surface area contributed by atoms with Crippen LogP contribution in [0.15, 0.2) is 36.4 Å². The number of rotatable bonds is 7. The summed E-state index contributed by atoms with van der Waals surface area (Å²) in [7, 11) is 0. The van der Waals surface area contributed by atoms with Gasteiger partial charge in [-0.2, -0.15) is 4.98 Å². The summed E-state index contributed by atoms with van der Waals surface area (Å²) in [6.07, 6.45) is 2.21. The second kappa shape index (κ2) is 12.4. The number of halogens is 2. The Morgan fingerprint density at radius 1 is 1.06 bits per heavy atom. The minimum Gasteiger partial charge on any atom is -0.465 e. The number of benzene rings is 2. The zero-order valence-electron chi connectivity index (χ0n) is 26.9. The van der Waals surface area contributed by atoms with Gasteiger partial charge < -0.3 is 25.5 Å². The Kier molecular flexibility index (Phi) is 8.49. The molecule has 1 saturated carbocycles. The molecule has 2 aliphatic heterocycles. The van der Waals surface area contributed by atoms with Gasteiger partial charge in [-0.15, -0.1) is 0 Å². The van der Waals surface area contributed by atoms with Crippen molar-refractivity contribution in [1.29, 1.82) is 0 Å². The molecule has 1 aromatic heterocycles. The van der Waals surface area contributed by atoms with E-state index in [1.54, 1.807) is 12.1 Å². The number of carbonyl (C=O) groups is 3. The van der Waals surface area contributed by atoms with Crippen molar-refractivity contribution >= 4 is 35.5 Å². The van der Waals surface area contributed by atoms with Crippen LogP contribution in [0.25, 0.3) is 11.3 Å². The molecule has 3 N–H and O–H groups in total. The highest BCUT2D eigenvalue weighted by Crippen LogP contribution is 2.40. The van der Waals surface area contributed by atoms with Crippen LogP contribution in [0.5, 0.6) is 0 Å². The lowest BCUT2D eigenvalue weighted by Gasteiger charge is -2.43. The van der Waals surface area contributed by atoms with E-state index < -0.39 is 35.0 Å². The van der Waals surface area contributed by atoms with Crippen molar-refractivity contribution in [3.63, 3.8) is 0 Å². The molecule has 6 rings (SSSR count). The third-order valence-electron chi connectivity index (χ3n) is 9.01. The number of para-hydroxylation sites is 1. The number of aryl methyl sites for hydroxylation is 1. The van der Waals surface area contributed by atoms with E-state index in [1.165, 1.54) is 11.0 Å². The van der Waals surface area contributed by atoms with Gasteiger partial charge >= 0.3 is 12.1 Å². The fourth-order valence-electron chi connectivity index (χ4n) is 6.42. The highest BCUT2D eigenvalue weighted by atomic mass is 19.1. The molecule has 13 heteroatoms. The number of hydrogen-bond donors (Lipinski definition) is 3. The number of carbonyl (C=O) groups excluding carboxylic acids is 2. The number of carboxylic acid groups (broad SMARTS) is 1. The first kappa shape index (κ1) is 32.1. The third-order valence-corrected chi connectivity index (χ3v) is 9.01. The molecule has 0 radical (unpaired) electrons. The summed E-state index contributed by atoms with van der Waals surface area (Å²) in [5, 5.41) is 15.6. The third kappa shape index (κ3) is 6.43. The Hall–Kier alpha value is -4.81. The van der Waals surface area contributed by atoms with Crippen LogP contribution in [0, 0.1) is 24.5 Å². The van der Waals surface area contributed by atoms with Crippen LogP contribution in [-0.2, 0) is 6.54 Å². The van der Waals surface area contributed by atoms with Gasteiger partial charge in [0.1, 0.15) is 17.3 Å². The average molecular weight is 648 g/mol. The lowest BCUT2D eigenvalue weighted by Crippen LogP contribution is -2.54. The lowest BCUT2D eigenvalue weighted by molar-refractivity contribution is 0.0615. The summed E-state index contributed by atoms with van der Waals surface area (Å²) in [6.45, 7) is 8.87. The van der Waals surface area contributed by atoms with E-state index in [2.05, 4.69) is 10.6 Å². The van der Waals surface area contributed by atoms with Crippen LogP contribution < -0.4 is 20.4 Å². The van der Waals surface area contributed by atoms with Crippen molar-refractivity contribution in [2.24, 2.45) is 5.92 Å². The van der Waals surface area contributed by atoms with Gasteiger partial charge in [-0.3, -0.25) is 4.79 Å². The summed E-state index contributed by atoms with van der Waals surface area (Å²) < 4.78 is 30.4. The maximum absolute atomic E-state index is 15.2. The van der Waals surface area contributed by atoms with Crippen molar-refractivity contribution in [3.8, 4) is 11.3 Å². The fraction of sp³-hybridized carbons (Fsp3) is 0.441. The Bertz CT molecular complexity index is 1710. The highest BCUT2D eigenvalue weighted by molar-refractivity contribution is 6.02. The van der Waals surface area contributed by atoms with Gasteiger partial charge in [-0.1, -0.05) is 12.1 Å². The molecule has 1 saturated heterocycles. The summed E-state index contributed by atoms with van der Waals surface area (Å²) in [5.41, 5.74) is 1.56. The van der Waals surface area contributed by atoms with E-state index >= 15 is 8.78 Å². The minimum absolute atomic E-state index is 0.00484. The Balaban J connectivity index is 1.44. The van der Waals surface area contributed by atoms with Crippen LogP contribution in [0.4, 0.5) is 35.8 Å². The van der Waals surface area contributed by atoms with E-state index in [9.17, 15) is 19.5 Å². The van der Waals surface area contributed by atoms with Gasteiger partial charge in [-0.05, 0) is 89.1 Å². The molecule has 4 amide bonds. The maximum Gasteiger partial charge on any atom is 0.407 e. The van der Waals surface area contributed by atoms with Gasteiger partial charge in [0.05, 0.1) is 12.2 Å². The predicted molar refractivity (Wildman–Crippen MR) is 173 cm³/mol. The number of nitrogens with zero attached hydrogens (tertiary/aromatic N) is 5. The molecule has 3 aliphatic rings. The molecule has 1 aliphatic carbocycles. The first-order valence-electron chi connectivity index (χ1n) is 15.9. The molecular formula is C34H39F2N7O4. The number of fused-ring (bicyclic) bond motifs is 1. The molecule has 3 heterocycles. The van der Waals surface area contributed by atoms with Crippen molar-refractivity contribution in [2.45, 2.75) is 71.5 Å². The molecule has 47 heavy (non-hydrogen) atoms. The van der Waals surface area contributed by atoms with E-state index in [4.69, 9.17) is 9.97 Å². The number of hydrogen-bond acceptors (Lipinski definition) is 6. The molecule has 2 fully saturated rings. The molecule has 3 aromatic rings. The minimum atomic E-state index is -0.992. The van der Waals surface area contributed by atoms with Crippen LogP contribution in [0.3, 0.4) is 0 Å². The average Bonchev–Trinajstić information content (AvgIpc) is 3.85. The quantitative estimate of drug-likeness (QED) is 0.288. The first-order chi connectivity index (χ1) is 22.3. The zero-order valence-corrected chi connectivity index (χ0v) is 26.9. The van der Waals surface area contributed by atoms with E-state index in [0.29, 0.717) is 60.8 Å². The van der Waals surface area contributed by atoms with Crippen LogP contribution in [0.1, 0.15) is 67.9 Å². The van der Waals surface area contributed by atoms with Gasteiger partial charge in [0.25, 0.3) is 5.91 Å². The molecule has 248 valence electrons. The number of nitrogens with one attached hydrogen (secondary N) is 2. The number of anilines is 3. The van der Waals surface area contributed by atoms with Crippen molar-refractivity contribution < 1.29 is 28.3 Å². The maximum atomic E-state index is 15.2. The van der Waals surface area contributed by atoms with Gasteiger partial charge in [0, 0.05) is 47.9 Å². The number of urea groups is 1. The predicted octanol–water partition coefficient (Wildman–Crippen LogP) is 5.98. The molecule has 2 aromatic carbocycles. The summed E-state index contributed by atoms with van der Waals surface area (Å²) in [4.78, 5) is 52.5. The van der Waals surface area contributed by atoms with Crippen molar-refractivity contribution in [3.05, 3.63) is 64.7 Å². The van der Waals surface area contributed by atoms with Crippen LogP contribution in [-0.4, -0.2) is 69.2 Å². The zero-order chi connectivity index (χ0) is 33.6. The molecule has 0 spiro atoms. The largest absolute Gasteiger partial charge is 0.465 e. The fourth-order valence-corrected chi connectivity index (χ4v) is 6.42. The second-order valence-electron chi connectivity index (χ2n) is 13.5. The lowest BCUT2D eigenvalue weighted by atomic mass is 9.96. The van der Waals surface area contributed by atoms with Crippen molar-refractivity contribution in [2.75, 3.05) is 29.4 Å². The number of aromatic nitrogens is 2. The topological polar surface area (TPSA) is 131 Å². The molecule has 11 nitrogen and oxygen atoms in total. The van der Waals surface area contributed by atoms with Crippen molar-refractivity contribution in [1.82, 2.24) is 25.5 Å². The first-order valence-corrected chi connectivity index (χ1v) is 15.9. The van der Waals surface area contributed by atoms with Gasteiger partial charge in [0.15, 0.2) is 5.82 Å². The Morgan fingerprint density at radius 2 is 1.74 bits per heavy atom. The molecule has 0 atom stereocenters. The van der Waals surface area contributed by atoms with Gasteiger partial charge in [-0.25, -0.2) is 28.3 Å². The molecule has 0 unspecified atom stereocenters. The van der Waals surface area contributed by atoms with E-state index in [-0.39, 0.29) is 30.3 Å². The number of amides is 4. The molecular weight excluding hydrogens is 608 g/mol. The van der Waals surface area contributed by atoms with Crippen LogP contribution in [0.2, 0.25) is 0 Å². The summed E-state index contributed by atoms with van der Waals surface area (Å²) in [6, 6.07) is 7.70. The molecule has 0 bridgehead atoms. The smallest absolute Gasteiger partial charge is 0.407 e. The Morgan fingerprint density at radius 3 is 2.36 bits per heavy atom. The second-order valence-corrected chi connectivity index (χ2v) is 13.5. The summed E-state index contributed by atoms with van der Waals surface area (Å²) >= 11 is 0. The van der Waals surface area contributed by atoms with Gasteiger partial charge in [0.2, 0.25) is 5.95 Å². The highest BCUT2D eigenvalue weighted by Gasteiger charge is 2.38. The van der Waals surface area contributed by atoms with E-state index in [0.717, 1.165) is 35.4 Å². The Labute approximate surface area is 272 Å². The van der Waals surface area contributed by atoms with Crippen LogP contribution >= 0.6 is 0 Å². The standard InChI is InChI=1S/C34H39F2N7O4/c1-19-8-11-21(30(44)37-17-20-9-10-20)16-23(19)27-24-18-38-32(45)42(28-25(35)6-5-7-26(28)36)29(24)40-31(39-27)41-14-12-22(13-15-41)43(33(46)47)34(2,3)4/h5-8,11,16,20,22H,9-10,12-15,17-18H2,1-4H3,(H,37,44)(H,38,45)(H,46,47). The van der Waals surface area contributed by atoms with E-state index in [1.807, 2.05) is 38.7 Å². The number of piperidine rings is 1. The summed E-state index contributed by atoms with van der Waals surface area (Å²) in [5.74, 6) is -1.31.